The second-order valence-corrected chi connectivity index (χ2v) is 3.05. The first kappa shape index (κ1) is 8.82. The van der Waals surface area contributed by atoms with Crippen LogP contribution in [0.2, 0.25) is 0 Å². The molecule has 2 rings (SSSR count). The van der Waals surface area contributed by atoms with Crippen molar-refractivity contribution in [3.05, 3.63) is 5.69 Å². The summed E-state index contributed by atoms with van der Waals surface area (Å²) in [5.74, 6) is -0.588. The Morgan fingerprint density at radius 3 is 3.07 bits per heavy atom. The summed E-state index contributed by atoms with van der Waals surface area (Å²) >= 11 is 0. The van der Waals surface area contributed by atoms with Crippen LogP contribution in [-0.4, -0.2) is 20.9 Å². The van der Waals surface area contributed by atoms with E-state index >= 15 is 0 Å². The maximum atomic E-state index is 10.7. The lowest BCUT2D eigenvalue weighted by Crippen LogP contribution is -2.22. The number of rotatable bonds is 2. The van der Waals surface area contributed by atoms with E-state index in [1.807, 2.05) is 6.92 Å². The molecule has 0 radical (unpaired) electrons. The molecule has 2 heterocycles. The van der Waals surface area contributed by atoms with Crippen LogP contribution in [0.1, 0.15) is 30.0 Å². The van der Waals surface area contributed by atoms with Crippen LogP contribution < -0.4 is 16.6 Å². The summed E-state index contributed by atoms with van der Waals surface area (Å²) in [6.45, 7) is 1.97. The summed E-state index contributed by atoms with van der Waals surface area (Å²) in [4.78, 5) is 10.7. The topological polar surface area (TPSA) is 105 Å². The number of aromatic nitrogens is 2. The summed E-state index contributed by atoms with van der Waals surface area (Å²) in [5, 5.41) is 12.7. The monoisotopic (exact) mass is 197 g/mol. The molecule has 0 aliphatic carbocycles. The molecule has 0 fully saturated rings. The van der Waals surface area contributed by atoms with E-state index in [2.05, 4.69) is 16.0 Å². The molecule has 1 aliphatic rings. The molecule has 14 heavy (non-hydrogen) atoms. The van der Waals surface area contributed by atoms with Crippen molar-refractivity contribution in [3.63, 3.8) is 0 Å². The van der Waals surface area contributed by atoms with Crippen molar-refractivity contribution < 1.29 is 9.90 Å². The number of fused-ring (bicyclic) bond motifs is 1. The summed E-state index contributed by atoms with van der Waals surface area (Å²) in [5.41, 5.74) is 11.4. The van der Waals surface area contributed by atoms with E-state index in [9.17, 15) is 4.79 Å². The smallest absolute Gasteiger partial charge is 0.358 e. The van der Waals surface area contributed by atoms with Crippen molar-refractivity contribution in [1.29, 1.82) is 0 Å². The van der Waals surface area contributed by atoms with Gasteiger partial charge in [0.1, 0.15) is 11.9 Å². The number of nitrogen functional groups attached to an aromatic ring is 1. The standard InChI is InChI=1S/C7H11N5O2/c1-2-3-9-10-6-4(8)5(7(13)14)11-12(3)6/h3,9-10H,2,8H2,1H3,(H,13,14). The highest BCUT2D eigenvalue weighted by molar-refractivity contribution is 5.94. The Labute approximate surface area is 79.9 Å². The van der Waals surface area contributed by atoms with Gasteiger partial charge in [-0.05, 0) is 6.42 Å². The van der Waals surface area contributed by atoms with Gasteiger partial charge in [0, 0.05) is 0 Å². The molecule has 0 saturated carbocycles. The van der Waals surface area contributed by atoms with Gasteiger partial charge in [-0.2, -0.15) is 5.10 Å². The molecule has 0 spiro atoms. The van der Waals surface area contributed by atoms with Gasteiger partial charge in [-0.1, -0.05) is 6.92 Å². The zero-order valence-corrected chi connectivity index (χ0v) is 7.61. The molecule has 1 unspecified atom stereocenters. The Bertz CT molecular complexity index is 386. The Morgan fingerprint density at radius 2 is 2.50 bits per heavy atom. The second-order valence-electron chi connectivity index (χ2n) is 3.05. The highest BCUT2D eigenvalue weighted by atomic mass is 16.4. The minimum atomic E-state index is -1.11. The number of hydrogen-bond donors (Lipinski definition) is 4. The van der Waals surface area contributed by atoms with Gasteiger partial charge in [0.25, 0.3) is 0 Å². The van der Waals surface area contributed by atoms with Crippen molar-refractivity contribution in [3.8, 4) is 0 Å². The SMILES string of the molecule is CCC1NNc2c(N)c(C(=O)O)nn21. The lowest BCUT2D eigenvalue weighted by Gasteiger charge is -2.06. The summed E-state index contributed by atoms with van der Waals surface area (Å²) in [7, 11) is 0. The average Bonchev–Trinajstić information content (AvgIpc) is 2.66. The first-order valence-electron chi connectivity index (χ1n) is 4.28. The highest BCUT2D eigenvalue weighted by Gasteiger charge is 2.28. The van der Waals surface area contributed by atoms with Gasteiger partial charge < -0.3 is 16.3 Å². The number of aromatic carboxylic acids is 1. The number of nitrogens with two attached hydrogens (primary N) is 1. The molecule has 5 N–H and O–H groups in total. The van der Waals surface area contributed by atoms with Crippen LogP contribution in [0.4, 0.5) is 11.5 Å². The number of anilines is 2. The lowest BCUT2D eigenvalue weighted by atomic mass is 10.3. The number of nitrogens with one attached hydrogen (secondary N) is 2. The van der Waals surface area contributed by atoms with Crippen LogP contribution in [0.5, 0.6) is 0 Å². The maximum absolute atomic E-state index is 10.7. The molecule has 1 aliphatic heterocycles. The molecule has 7 heteroatoms. The third-order valence-electron chi connectivity index (χ3n) is 2.19. The van der Waals surface area contributed by atoms with Crippen molar-refractivity contribution >= 4 is 17.5 Å². The predicted octanol–water partition coefficient (Wildman–Crippen LogP) is 0.00220. The van der Waals surface area contributed by atoms with Gasteiger partial charge in [0.05, 0.1) is 0 Å². The molecule has 0 aromatic carbocycles. The van der Waals surface area contributed by atoms with Crippen LogP contribution in [0.25, 0.3) is 0 Å². The fraction of sp³-hybridized carbons (Fsp3) is 0.429. The summed E-state index contributed by atoms with van der Waals surface area (Å²) < 4.78 is 1.55. The van der Waals surface area contributed by atoms with Crippen LogP contribution in [0.3, 0.4) is 0 Å². The number of hydrazine groups is 1. The minimum absolute atomic E-state index is 0.0413. The summed E-state index contributed by atoms with van der Waals surface area (Å²) in [6, 6.07) is 0. The second kappa shape index (κ2) is 2.88. The third-order valence-corrected chi connectivity index (χ3v) is 2.19. The normalized spacial score (nSPS) is 19.1. The minimum Gasteiger partial charge on any atom is -0.476 e. The number of carbonyl (C=O) groups is 1. The number of carboxylic acids is 1. The lowest BCUT2D eigenvalue weighted by molar-refractivity contribution is 0.0690. The van der Waals surface area contributed by atoms with Crippen molar-refractivity contribution in [2.45, 2.75) is 19.5 Å². The van der Waals surface area contributed by atoms with Gasteiger partial charge in [0.15, 0.2) is 11.5 Å². The molecule has 0 bridgehead atoms. The zero-order chi connectivity index (χ0) is 10.3. The van der Waals surface area contributed by atoms with Crippen molar-refractivity contribution in [1.82, 2.24) is 15.2 Å². The van der Waals surface area contributed by atoms with Crippen LogP contribution in [0, 0.1) is 0 Å². The number of hydrogen-bond acceptors (Lipinski definition) is 5. The van der Waals surface area contributed by atoms with Gasteiger partial charge in [0.2, 0.25) is 0 Å². The Morgan fingerprint density at radius 1 is 1.79 bits per heavy atom. The van der Waals surface area contributed by atoms with Gasteiger partial charge in [-0.3, -0.25) is 0 Å². The van der Waals surface area contributed by atoms with E-state index in [0.717, 1.165) is 6.42 Å². The van der Waals surface area contributed by atoms with Crippen LogP contribution in [0.15, 0.2) is 0 Å². The maximum Gasteiger partial charge on any atom is 0.358 e. The largest absolute Gasteiger partial charge is 0.476 e. The van der Waals surface area contributed by atoms with E-state index < -0.39 is 5.97 Å². The first-order valence-corrected chi connectivity index (χ1v) is 4.28. The van der Waals surface area contributed by atoms with E-state index in [-0.39, 0.29) is 17.5 Å². The molecular formula is C7H11N5O2. The average molecular weight is 197 g/mol. The first-order chi connectivity index (χ1) is 6.65. The Kier molecular flexibility index (Phi) is 1.81. The molecule has 1 aromatic heterocycles. The van der Waals surface area contributed by atoms with Crippen LogP contribution >= 0.6 is 0 Å². The van der Waals surface area contributed by atoms with Gasteiger partial charge in [-0.15, -0.1) is 0 Å². The fourth-order valence-electron chi connectivity index (χ4n) is 1.44. The van der Waals surface area contributed by atoms with Crippen molar-refractivity contribution in [2.24, 2.45) is 0 Å². The molecular weight excluding hydrogens is 186 g/mol. The van der Waals surface area contributed by atoms with Gasteiger partial charge >= 0.3 is 5.97 Å². The number of nitrogens with zero attached hydrogens (tertiary/aromatic N) is 2. The third kappa shape index (κ3) is 1.02. The molecule has 7 nitrogen and oxygen atoms in total. The Hall–Kier alpha value is -1.76. The van der Waals surface area contributed by atoms with Gasteiger partial charge in [-0.25, -0.2) is 14.9 Å². The molecule has 0 amide bonds. The quantitative estimate of drug-likeness (QED) is 0.532. The highest BCUT2D eigenvalue weighted by Crippen LogP contribution is 2.29. The number of carboxylic acid groups (broad SMARTS) is 1. The van der Waals surface area contributed by atoms with E-state index in [1.54, 1.807) is 4.68 Å². The van der Waals surface area contributed by atoms with Crippen molar-refractivity contribution in [2.75, 3.05) is 11.2 Å². The predicted molar refractivity (Wildman–Crippen MR) is 49.7 cm³/mol. The zero-order valence-electron chi connectivity index (χ0n) is 7.61. The molecule has 0 saturated heterocycles. The van der Waals surface area contributed by atoms with E-state index in [4.69, 9.17) is 10.8 Å². The van der Waals surface area contributed by atoms with E-state index in [0.29, 0.717) is 5.82 Å². The van der Waals surface area contributed by atoms with E-state index in [1.165, 1.54) is 0 Å². The van der Waals surface area contributed by atoms with Crippen LogP contribution in [-0.2, 0) is 0 Å². The molecule has 1 aromatic rings. The fourth-order valence-corrected chi connectivity index (χ4v) is 1.44. The summed E-state index contributed by atoms with van der Waals surface area (Å²) in [6.07, 6.45) is 0.751. The molecule has 1 atom stereocenters. The molecule has 76 valence electrons. The Balaban J connectivity index is 2.48.